The molecule has 40 heavy (non-hydrogen) atoms. The summed E-state index contributed by atoms with van der Waals surface area (Å²) in [6, 6.07) is 8.13. The Hall–Kier alpha value is -3.94. The predicted octanol–water partition coefficient (Wildman–Crippen LogP) is 6.70. The molecule has 0 aromatic heterocycles. The summed E-state index contributed by atoms with van der Waals surface area (Å²) < 4.78 is 10.7. The molecule has 2 aromatic carbocycles. The molecule has 0 aliphatic heterocycles. The lowest BCUT2D eigenvalue weighted by atomic mass is 10.1. The summed E-state index contributed by atoms with van der Waals surface area (Å²) in [7, 11) is 0. The SMILES string of the molecule is CCCCCCCC/C=C/CCCCOC(=O)[C@@H](Cc1ccc(O)c(O)c1)OC(=O)/C=C/c1ccc(O)c(O)c1. The fraction of sp³-hybridized carbons (Fsp3) is 0.438. The Kier molecular flexibility index (Phi) is 14.8. The highest BCUT2D eigenvalue weighted by Gasteiger charge is 2.25. The summed E-state index contributed by atoms with van der Waals surface area (Å²) in [5.74, 6) is -2.81. The Balaban J connectivity index is 1.83. The van der Waals surface area contributed by atoms with E-state index in [2.05, 4.69) is 19.1 Å². The Morgan fingerprint density at radius 2 is 1.40 bits per heavy atom. The van der Waals surface area contributed by atoms with Crippen molar-refractivity contribution >= 4 is 18.0 Å². The van der Waals surface area contributed by atoms with Crippen LogP contribution in [0.3, 0.4) is 0 Å². The minimum absolute atomic E-state index is 0.0621. The molecule has 0 radical (unpaired) electrons. The van der Waals surface area contributed by atoms with E-state index in [1.54, 1.807) is 0 Å². The minimum Gasteiger partial charge on any atom is -0.504 e. The summed E-state index contributed by atoms with van der Waals surface area (Å²) in [4.78, 5) is 25.2. The Bertz CT molecular complexity index is 1120. The summed E-state index contributed by atoms with van der Waals surface area (Å²) >= 11 is 0. The monoisotopic (exact) mass is 554 g/mol. The van der Waals surface area contributed by atoms with Gasteiger partial charge in [0.2, 0.25) is 6.10 Å². The van der Waals surface area contributed by atoms with Gasteiger partial charge in [-0.3, -0.25) is 0 Å². The summed E-state index contributed by atoms with van der Waals surface area (Å²) in [6.45, 7) is 2.40. The highest BCUT2D eigenvalue weighted by Crippen LogP contribution is 2.27. The van der Waals surface area contributed by atoms with Crippen LogP contribution in [0.15, 0.2) is 54.6 Å². The van der Waals surface area contributed by atoms with Gasteiger partial charge in [-0.1, -0.05) is 63.3 Å². The van der Waals surface area contributed by atoms with Gasteiger partial charge in [-0.05, 0) is 73.6 Å². The molecule has 0 unspecified atom stereocenters. The van der Waals surface area contributed by atoms with E-state index in [1.165, 1.54) is 81.0 Å². The molecule has 1 atom stereocenters. The van der Waals surface area contributed by atoms with Crippen LogP contribution >= 0.6 is 0 Å². The van der Waals surface area contributed by atoms with E-state index in [9.17, 15) is 30.0 Å². The quantitative estimate of drug-likeness (QED) is 0.0526. The molecule has 4 N–H and O–H groups in total. The number of benzene rings is 2. The second kappa shape index (κ2) is 18.4. The average molecular weight is 555 g/mol. The normalized spacial score (nSPS) is 12.1. The van der Waals surface area contributed by atoms with Crippen LogP contribution in [0, 0.1) is 0 Å². The highest BCUT2D eigenvalue weighted by molar-refractivity contribution is 5.89. The van der Waals surface area contributed by atoms with E-state index in [-0.39, 0.29) is 36.0 Å². The molecule has 0 fully saturated rings. The predicted molar refractivity (Wildman–Crippen MR) is 154 cm³/mol. The summed E-state index contributed by atoms with van der Waals surface area (Å²) in [5, 5.41) is 38.4. The summed E-state index contributed by atoms with van der Waals surface area (Å²) in [6.07, 6.45) is 16.7. The molecule has 0 aliphatic carbocycles. The topological polar surface area (TPSA) is 134 Å². The number of aromatic hydroxyl groups is 4. The lowest BCUT2D eigenvalue weighted by molar-refractivity contribution is -0.165. The van der Waals surface area contributed by atoms with Crippen LogP contribution < -0.4 is 0 Å². The second-order valence-electron chi connectivity index (χ2n) is 9.73. The van der Waals surface area contributed by atoms with Gasteiger partial charge in [0, 0.05) is 12.5 Å². The van der Waals surface area contributed by atoms with Crippen molar-refractivity contribution in [1.82, 2.24) is 0 Å². The van der Waals surface area contributed by atoms with Crippen molar-refractivity contribution in [2.45, 2.75) is 83.7 Å². The van der Waals surface area contributed by atoms with Gasteiger partial charge in [0.1, 0.15) is 0 Å². The van der Waals surface area contributed by atoms with Crippen LogP contribution in [-0.4, -0.2) is 45.1 Å². The van der Waals surface area contributed by atoms with E-state index in [0.29, 0.717) is 17.5 Å². The van der Waals surface area contributed by atoms with Crippen molar-refractivity contribution in [1.29, 1.82) is 0 Å². The largest absolute Gasteiger partial charge is 0.504 e. The first-order chi connectivity index (χ1) is 19.3. The number of hydrogen-bond acceptors (Lipinski definition) is 8. The fourth-order valence-electron chi connectivity index (χ4n) is 3.98. The molecule has 2 aromatic rings. The van der Waals surface area contributed by atoms with Gasteiger partial charge < -0.3 is 29.9 Å². The number of phenolic OH excluding ortho intramolecular Hbond substituents is 4. The fourth-order valence-corrected chi connectivity index (χ4v) is 3.98. The molecule has 0 saturated heterocycles. The smallest absolute Gasteiger partial charge is 0.347 e. The second-order valence-corrected chi connectivity index (χ2v) is 9.73. The maximum atomic E-state index is 12.8. The Morgan fingerprint density at radius 1 is 0.775 bits per heavy atom. The van der Waals surface area contributed by atoms with Crippen molar-refractivity contribution in [2.75, 3.05) is 6.61 Å². The van der Waals surface area contributed by atoms with Gasteiger partial charge in [0.15, 0.2) is 23.0 Å². The number of allylic oxidation sites excluding steroid dienone is 2. The number of carbonyl (C=O) groups excluding carboxylic acids is 2. The highest BCUT2D eigenvalue weighted by atomic mass is 16.6. The first-order valence-electron chi connectivity index (χ1n) is 14.0. The first-order valence-corrected chi connectivity index (χ1v) is 14.0. The molecule has 0 heterocycles. The van der Waals surface area contributed by atoms with Crippen LogP contribution in [0.5, 0.6) is 23.0 Å². The number of ether oxygens (including phenoxy) is 2. The lowest BCUT2D eigenvalue weighted by Crippen LogP contribution is -2.31. The third kappa shape index (κ3) is 12.7. The molecular weight excluding hydrogens is 512 g/mol. The lowest BCUT2D eigenvalue weighted by Gasteiger charge is -2.16. The number of rotatable bonds is 18. The van der Waals surface area contributed by atoms with Gasteiger partial charge in [0.05, 0.1) is 6.61 Å². The maximum absolute atomic E-state index is 12.8. The van der Waals surface area contributed by atoms with Crippen molar-refractivity contribution in [3.05, 3.63) is 65.8 Å². The van der Waals surface area contributed by atoms with Gasteiger partial charge >= 0.3 is 11.9 Å². The number of hydrogen-bond donors (Lipinski definition) is 4. The molecule has 0 amide bonds. The Morgan fingerprint density at radius 3 is 2.08 bits per heavy atom. The van der Waals surface area contributed by atoms with E-state index >= 15 is 0 Å². The number of unbranched alkanes of at least 4 members (excludes halogenated alkanes) is 8. The third-order valence-corrected chi connectivity index (χ3v) is 6.29. The molecule has 8 heteroatoms. The van der Waals surface area contributed by atoms with Crippen molar-refractivity contribution in [3.8, 4) is 23.0 Å². The van der Waals surface area contributed by atoms with Gasteiger partial charge in [-0.2, -0.15) is 0 Å². The third-order valence-electron chi connectivity index (χ3n) is 6.29. The first kappa shape index (κ1) is 32.3. The van der Waals surface area contributed by atoms with E-state index in [4.69, 9.17) is 9.47 Å². The van der Waals surface area contributed by atoms with Gasteiger partial charge in [-0.25, -0.2) is 9.59 Å². The standard InChI is InChI=1S/C32H42O8/c1-2-3-4-5-6-7-8-9-10-11-12-13-20-39-32(38)30(23-25-15-18-27(34)29(36)22-25)40-31(37)19-16-24-14-17-26(33)28(35)21-24/h9-10,14-19,21-22,30,33-36H,2-8,11-13,20,23H2,1H3/b10-9+,19-16+/t30-/m1/s1. The van der Waals surface area contributed by atoms with Crippen LogP contribution in [-0.2, 0) is 25.5 Å². The maximum Gasteiger partial charge on any atom is 0.347 e. The van der Waals surface area contributed by atoms with E-state index in [1.807, 2.05) is 0 Å². The molecular formula is C32H42O8. The molecule has 0 bridgehead atoms. The summed E-state index contributed by atoms with van der Waals surface area (Å²) in [5.41, 5.74) is 0.906. The number of esters is 2. The molecule has 8 nitrogen and oxygen atoms in total. The Labute approximate surface area is 236 Å². The zero-order valence-electron chi connectivity index (χ0n) is 23.3. The van der Waals surface area contributed by atoms with E-state index in [0.717, 1.165) is 25.3 Å². The van der Waals surface area contributed by atoms with Gasteiger partial charge in [0.25, 0.3) is 0 Å². The van der Waals surface area contributed by atoms with Crippen molar-refractivity contribution in [3.63, 3.8) is 0 Å². The van der Waals surface area contributed by atoms with Crippen LogP contribution in [0.1, 0.15) is 82.3 Å². The number of carbonyl (C=O) groups is 2. The minimum atomic E-state index is -1.27. The van der Waals surface area contributed by atoms with Crippen LogP contribution in [0.4, 0.5) is 0 Å². The molecule has 218 valence electrons. The zero-order chi connectivity index (χ0) is 29.2. The van der Waals surface area contributed by atoms with E-state index < -0.39 is 18.0 Å². The van der Waals surface area contributed by atoms with Crippen molar-refractivity contribution in [2.24, 2.45) is 0 Å². The molecule has 2 rings (SSSR count). The molecule has 0 spiro atoms. The number of phenols is 4. The van der Waals surface area contributed by atoms with Crippen molar-refractivity contribution < 1.29 is 39.5 Å². The molecule has 0 aliphatic rings. The zero-order valence-corrected chi connectivity index (χ0v) is 23.3. The average Bonchev–Trinajstić information content (AvgIpc) is 2.93. The van der Waals surface area contributed by atoms with Crippen LogP contribution in [0.25, 0.3) is 6.08 Å². The molecule has 0 saturated carbocycles. The van der Waals surface area contributed by atoms with Crippen LogP contribution in [0.2, 0.25) is 0 Å². The van der Waals surface area contributed by atoms with Gasteiger partial charge in [-0.15, -0.1) is 0 Å².